The van der Waals surface area contributed by atoms with Gasteiger partial charge in [0.1, 0.15) is 6.61 Å². The summed E-state index contributed by atoms with van der Waals surface area (Å²) in [5.74, 6) is 0. The number of benzene rings is 1. The van der Waals surface area contributed by atoms with Crippen molar-refractivity contribution in [3.8, 4) is 0 Å². The maximum Gasteiger partial charge on any atom is 0.155 e. The first kappa shape index (κ1) is 7.97. The smallest absolute Gasteiger partial charge is 0.155 e. The first-order valence-electron chi connectivity index (χ1n) is 2.87. The Morgan fingerprint density at radius 1 is 1.20 bits per heavy atom. The molecule has 1 aromatic rings. The normalized spacial score (nSPS) is 9.70. The largest absolute Gasteiger partial charge is 0.222 e. The summed E-state index contributed by atoms with van der Waals surface area (Å²) in [4.78, 5) is 4.71. The average molecular weight is 250 g/mol. The highest BCUT2D eigenvalue weighted by Crippen LogP contribution is 2.01. The molecule has 0 unspecified atom stereocenters. The van der Waals surface area contributed by atoms with Gasteiger partial charge in [0.05, 0.1) is 0 Å². The van der Waals surface area contributed by atoms with Gasteiger partial charge in [-0.25, -0.2) is 4.89 Å². The lowest BCUT2D eigenvalue weighted by molar-refractivity contribution is -0.177. The minimum absolute atomic E-state index is 0.504. The second-order valence-corrected chi connectivity index (χ2v) is 2.17. The maximum absolute atomic E-state index is 4.71. The lowest BCUT2D eigenvalue weighted by Gasteiger charge is -1.96. The van der Waals surface area contributed by atoms with Gasteiger partial charge in [0, 0.05) is 0 Å². The molecule has 0 atom stereocenters. The average Bonchev–Trinajstić information content (AvgIpc) is 2.03. The molecule has 1 aromatic carbocycles. The molecular formula is C7H7IO2. The zero-order chi connectivity index (χ0) is 7.23. The highest BCUT2D eigenvalue weighted by atomic mass is 127. The second kappa shape index (κ2) is 4.65. The molecule has 0 bridgehead atoms. The molecule has 0 aliphatic carbocycles. The fourth-order valence-corrected chi connectivity index (χ4v) is 0.792. The fraction of sp³-hybridized carbons (Fsp3) is 0.143. The predicted octanol–water partition coefficient (Wildman–Crippen LogP) is 2.48. The van der Waals surface area contributed by atoms with Crippen LogP contribution in [0.5, 0.6) is 0 Å². The number of hydrogen-bond acceptors (Lipinski definition) is 2. The molecule has 1 rings (SSSR count). The molecule has 0 radical (unpaired) electrons. The first-order valence-corrected chi connectivity index (χ1v) is 3.75. The zero-order valence-corrected chi connectivity index (χ0v) is 7.45. The lowest BCUT2D eigenvalue weighted by atomic mass is 10.2. The Balaban J connectivity index is 2.43. The molecule has 3 heteroatoms. The Morgan fingerprint density at radius 3 is 2.50 bits per heavy atom. The van der Waals surface area contributed by atoms with Gasteiger partial charge in [-0.15, -0.1) is 0 Å². The van der Waals surface area contributed by atoms with E-state index >= 15 is 0 Å². The monoisotopic (exact) mass is 250 g/mol. The van der Waals surface area contributed by atoms with Gasteiger partial charge in [-0.05, 0) is 5.56 Å². The van der Waals surface area contributed by atoms with E-state index in [1.165, 1.54) is 0 Å². The molecular weight excluding hydrogens is 243 g/mol. The van der Waals surface area contributed by atoms with Crippen LogP contribution in [0, 0.1) is 0 Å². The van der Waals surface area contributed by atoms with E-state index in [-0.39, 0.29) is 0 Å². The van der Waals surface area contributed by atoms with Gasteiger partial charge in [0.15, 0.2) is 23.0 Å². The van der Waals surface area contributed by atoms with E-state index in [9.17, 15) is 0 Å². The van der Waals surface area contributed by atoms with Crippen molar-refractivity contribution in [2.45, 2.75) is 6.61 Å². The molecule has 0 saturated carbocycles. The van der Waals surface area contributed by atoms with Gasteiger partial charge in [-0.2, -0.15) is 3.22 Å². The molecule has 0 aromatic heterocycles. The van der Waals surface area contributed by atoms with Crippen LogP contribution in [0.3, 0.4) is 0 Å². The molecule has 0 N–H and O–H groups in total. The van der Waals surface area contributed by atoms with Crippen molar-refractivity contribution < 1.29 is 8.10 Å². The van der Waals surface area contributed by atoms with Crippen molar-refractivity contribution in [2.24, 2.45) is 0 Å². The lowest BCUT2D eigenvalue weighted by Crippen LogP contribution is -1.86. The van der Waals surface area contributed by atoms with Gasteiger partial charge in [0.2, 0.25) is 0 Å². The Kier molecular flexibility index (Phi) is 3.71. The number of halogens is 1. The van der Waals surface area contributed by atoms with Gasteiger partial charge in [-0.3, -0.25) is 0 Å². The van der Waals surface area contributed by atoms with E-state index < -0.39 is 0 Å². The fourth-order valence-electron chi connectivity index (χ4n) is 0.665. The summed E-state index contributed by atoms with van der Waals surface area (Å²) in [6.07, 6.45) is 0. The summed E-state index contributed by atoms with van der Waals surface area (Å²) < 4.78 is 4.42. The molecule has 2 nitrogen and oxygen atoms in total. The second-order valence-electron chi connectivity index (χ2n) is 1.81. The van der Waals surface area contributed by atoms with Crippen LogP contribution in [-0.4, -0.2) is 0 Å². The van der Waals surface area contributed by atoms with Crippen LogP contribution in [0.25, 0.3) is 0 Å². The van der Waals surface area contributed by atoms with E-state index in [4.69, 9.17) is 4.89 Å². The molecule has 0 heterocycles. The molecule has 0 spiro atoms. The molecule has 0 amide bonds. The highest BCUT2D eigenvalue weighted by molar-refractivity contribution is 14.1. The number of hydrogen-bond donors (Lipinski definition) is 0. The third kappa shape index (κ3) is 2.64. The third-order valence-electron chi connectivity index (χ3n) is 1.11. The molecule has 54 valence electrons. The van der Waals surface area contributed by atoms with Gasteiger partial charge in [0.25, 0.3) is 0 Å². The van der Waals surface area contributed by atoms with Crippen LogP contribution < -0.4 is 0 Å². The number of rotatable bonds is 3. The van der Waals surface area contributed by atoms with E-state index in [1.54, 1.807) is 23.0 Å². The minimum Gasteiger partial charge on any atom is -0.222 e. The standard InChI is InChI=1S/C7H7IO2/c8-10-9-6-7-4-2-1-3-5-7/h1-5H,6H2. The Bertz CT molecular complexity index is 176. The van der Waals surface area contributed by atoms with Crippen LogP contribution >= 0.6 is 23.0 Å². The van der Waals surface area contributed by atoms with Gasteiger partial charge < -0.3 is 0 Å². The molecule has 0 fully saturated rings. The van der Waals surface area contributed by atoms with Crippen LogP contribution in [0.15, 0.2) is 30.3 Å². The summed E-state index contributed by atoms with van der Waals surface area (Å²) in [5.41, 5.74) is 1.11. The first-order chi connectivity index (χ1) is 4.93. The Labute approximate surface area is 73.8 Å². The van der Waals surface area contributed by atoms with E-state index in [0.29, 0.717) is 6.61 Å². The van der Waals surface area contributed by atoms with Gasteiger partial charge >= 0.3 is 0 Å². The predicted molar refractivity (Wildman–Crippen MR) is 46.3 cm³/mol. The molecule has 0 saturated heterocycles. The quantitative estimate of drug-likeness (QED) is 0.466. The maximum atomic E-state index is 4.71. The topological polar surface area (TPSA) is 18.5 Å². The van der Waals surface area contributed by atoms with E-state index in [1.807, 2.05) is 30.3 Å². The van der Waals surface area contributed by atoms with Crippen LogP contribution in [0.1, 0.15) is 5.56 Å². The van der Waals surface area contributed by atoms with Crippen molar-refractivity contribution in [2.75, 3.05) is 0 Å². The van der Waals surface area contributed by atoms with Crippen molar-refractivity contribution in [3.05, 3.63) is 35.9 Å². The van der Waals surface area contributed by atoms with Gasteiger partial charge in [-0.1, -0.05) is 30.3 Å². The SMILES string of the molecule is IOOCc1ccccc1. The van der Waals surface area contributed by atoms with Crippen molar-refractivity contribution in [1.82, 2.24) is 0 Å². The molecule has 10 heavy (non-hydrogen) atoms. The summed E-state index contributed by atoms with van der Waals surface area (Å²) in [7, 11) is 0. The van der Waals surface area contributed by atoms with Crippen LogP contribution in [0.2, 0.25) is 0 Å². The summed E-state index contributed by atoms with van der Waals surface area (Å²) in [6, 6.07) is 9.86. The summed E-state index contributed by atoms with van der Waals surface area (Å²) >= 11 is 1.69. The highest BCUT2D eigenvalue weighted by Gasteiger charge is 1.88. The van der Waals surface area contributed by atoms with E-state index in [0.717, 1.165) is 5.56 Å². The van der Waals surface area contributed by atoms with Crippen LogP contribution in [-0.2, 0) is 14.7 Å². The Hall–Kier alpha value is -0.130. The third-order valence-corrected chi connectivity index (χ3v) is 1.37. The Morgan fingerprint density at radius 2 is 1.90 bits per heavy atom. The van der Waals surface area contributed by atoms with Crippen molar-refractivity contribution in [3.63, 3.8) is 0 Å². The zero-order valence-electron chi connectivity index (χ0n) is 5.29. The summed E-state index contributed by atoms with van der Waals surface area (Å²) in [6.45, 7) is 0.504. The summed E-state index contributed by atoms with van der Waals surface area (Å²) in [5, 5.41) is 0. The minimum atomic E-state index is 0.504. The molecule has 0 aliphatic heterocycles. The van der Waals surface area contributed by atoms with Crippen molar-refractivity contribution in [1.29, 1.82) is 0 Å². The van der Waals surface area contributed by atoms with E-state index in [2.05, 4.69) is 3.22 Å². The van der Waals surface area contributed by atoms with Crippen LogP contribution in [0.4, 0.5) is 0 Å². The van der Waals surface area contributed by atoms with Crippen molar-refractivity contribution >= 4 is 23.0 Å². The molecule has 0 aliphatic rings.